The number of rotatable bonds is 3. The molecule has 1 unspecified atom stereocenters. The Kier molecular flexibility index (Phi) is 3.18. The van der Waals surface area contributed by atoms with E-state index in [-0.39, 0.29) is 11.2 Å². The first kappa shape index (κ1) is 13.7. The van der Waals surface area contributed by atoms with Gasteiger partial charge in [-0.25, -0.2) is 8.42 Å². The molecule has 0 saturated heterocycles. The largest absolute Gasteiger partial charge is 0.265 e. The lowest BCUT2D eigenvalue weighted by Crippen LogP contribution is -2.29. The smallest absolute Gasteiger partial charge is 0.182 e. The summed E-state index contributed by atoms with van der Waals surface area (Å²) in [5.41, 5.74) is 0.810. The minimum Gasteiger partial charge on any atom is -0.265 e. The van der Waals surface area contributed by atoms with Crippen molar-refractivity contribution in [1.82, 2.24) is 0 Å². The molecule has 0 aliphatic carbocycles. The topological polar surface area (TPSA) is 46.5 Å². The van der Waals surface area contributed by atoms with Gasteiger partial charge in [-0.3, -0.25) is 4.99 Å². The Labute approximate surface area is 116 Å². The van der Waals surface area contributed by atoms with E-state index in [9.17, 15) is 8.42 Å². The van der Waals surface area contributed by atoms with Crippen LogP contribution in [0, 0.1) is 5.41 Å². The van der Waals surface area contributed by atoms with Gasteiger partial charge in [0.25, 0.3) is 0 Å². The first-order valence-corrected chi connectivity index (χ1v) is 8.17. The maximum atomic E-state index is 12.3. The predicted molar refractivity (Wildman–Crippen MR) is 77.0 cm³/mol. The van der Waals surface area contributed by atoms with Gasteiger partial charge in [0.2, 0.25) is 0 Å². The quantitative estimate of drug-likeness (QED) is 0.632. The van der Waals surface area contributed by atoms with Crippen LogP contribution in [0.1, 0.15) is 20.8 Å². The molecule has 1 aliphatic rings. The lowest BCUT2D eigenvalue weighted by atomic mass is 9.91. The van der Waals surface area contributed by atoms with Gasteiger partial charge < -0.3 is 0 Å². The van der Waals surface area contributed by atoms with Crippen molar-refractivity contribution < 1.29 is 8.42 Å². The molecular formula is C13H16BrNO2S. The van der Waals surface area contributed by atoms with E-state index >= 15 is 0 Å². The fourth-order valence-electron chi connectivity index (χ4n) is 1.96. The maximum absolute atomic E-state index is 12.3. The normalized spacial score (nSPS) is 23.7. The maximum Gasteiger partial charge on any atom is 0.182 e. The Bertz CT molecular complexity index is 587. The van der Waals surface area contributed by atoms with E-state index in [0.29, 0.717) is 4.90 Å². The molecule has 0 saturated carbocycles. The first-order chi connectivity index (χ1) is 8.15. The minimum atomic E-state index is -3.31. The molecule has 98 valence electrons. The summed E-state index contributed by atoms with van der Waals surface area (Å²) in [6.45, 7) is 6.10. The number of aliphatic imine (C=N–C) groups is 1. The Morgan fingerprint density at radius 3 is 2.22 bits per heavy atom. The molecule has 0 radical (unpaired) electrons. The summed E-state index contributed by atoms with van der Waals surface area (Å²) in [5, 5.41) is 0. The first-order valence-electron chi connectivity index (χ1n) is 5.73. The molecule has 0 bridgehead atoms. The molecule has 3 nitrogen and oxygen atoms in total. The van der Waals surface area contributed by atoms with Crippen LogP contribution in [0.5, 0.6) is 0 Å². The van der Waals surface area contributed by atoms with Gasteiger partial charge in [0.05, 0.1) is 16.4 Å². The van der Waals surface area contributed by atoms with Crippen molar-refractivity contribution in [3.63, 3.8) is 0 Å². The van der Waals surface area contributed by atoms with Gasteiger partial charge >= 0.3 is 0 Å². The van der Waals surface area contributed by atoms with E-state index in [4.69, 9.17) is 0 Å². The van der Waals surface area contributed by atoms with Crippen molar-refractivity contribution in [1.29, 1.82) is 0 Å². The summed E-state index contributed by atoms with van der Waals surface area (Å²) < 4.78 is 23.8. The summed E-state index contributed by atoms with van der Waals surface area (Å²) >= 11 is 3.44. The van der Waals surface area contributed by atoms with Crippen LogP contribution < -0.4 is 0 Å². The zero-order valence-corrected chi connectivity index (χ0v) is 13.0. The van der Waals surface area contributed by atoms with Crippen LogP contribution in [0.3, 0.4) is 0 Å². The average Bonchev–Trinajstić information content (AvgIpc) is 2.90. The molecule has 1 aliphatic heterocycles. The molecule has 1 heterocycles. The number of hydrogen-bond acceptors (Lipinski definition) is 3. The second-order valence-corrected chi connectivity index (χ2v) is 8.84. The predicted octanol–water partition coefficient (Wildman–Crippen LogP) is 3.05. The lowest BCUT2D eigenvalue weighted by Gasteiger charge is -2.17. The van der Waals surface area contributed by atoms with E-state index in [1.807, 2.05) is 20.8 Å². The Hall–Kier alpha value is -0.680. The van der Waals surface area contributed by atoms with Gasteiger partial charge in [-0.05, 0) is 12.1 Å². The van der Waals surface area contributed by atoms with Gasteiger partial charge in [0, 0.05) is 5.41 Å². The standard InChI is InChI=1S/C13H16BrNO2S/c1-12(2,3)11-13(14,15-11)9-18(16,17)10-7-5-4-6-8-10/h4-8H,9H2,1-3H3. The fraction of sp³-hybridized carbons (Fsp3) is 0.462. The lowest BCUT2D eigenvalue weighted by molar-refractivity contribution is 0.586. The number of nitrogens with zero attached hydrogens (tertiary/aromatic N) is 1. The molecule has 5 heteroatoms. The van der Waals surface area contributed by atoms with E-state index in [1.54, 1.807) is 30.3 Å². The number of alkyl halides is 1. The van der Waals surface area contributed by atoms with Crippen LogP contribution in [0.15, 0.2) is 40.2 Å². The summed E-state index contributed by atoms with van der Waals surface area (Å²) in [4.78, 5) is 4.67. The van der Waals surface area contributed by atoms with Crippen LogP contribution in [-0.2, 0) is 9.84 Å². The van der Waals surface area contributed by atoms with Gasteiger partial charge in [-0.1, -0.05) is 54.9 Å². The Morgan fingerprint density at radius 1 is 1.22 bits per heavy atom. The molecule has 0 aromatic heterocycles. The molecular weight excluding hydrogens is 314 g/mol. The summed E-state index contributed by atoms with van der Waals surface area (Å²) in [6.07, 6.45) is 0. The average molecular weight is 330 g/mol. The van der Waals surface area contributed by atoms with E-state index in [1.165, 1.54) is 0 Å². The third kappa shape index (κ3) is 2.67. The highest BCUT2D eigenvalue weighted by molar-refractivity contribution is 9.10. The molecule has 1 atom stereocenters. The second-order valence-electron chi connectivity index (χ2n) is 5.54. The third-order valence-electron chi connectivity index (χ3n) is 2.80. The van der Waals surface area contributed by atoms with Gasteiger partial charge in [-0.2, -0.15) is 0 Å². The fourth-order valence-corrected chi connectivity index (χ4v) is 5.07. The van der Waals surface area contributed by atoms with Crippen LogP contribution in [0.2, 0.25) is 0 Å². The SMILES string of the molecule is CC(C)(C)C1=NC1(Br)CS(=O)(=O)c1ccccc1. The highest BCUT2D eigenvalue weighted by atomic mass is 79.9. The van der Waals surface area contributed by atoms with E-state index in [0.717, 1.165) is 5.71 Å². The monoisotopic (exact) mass is 329 g/mol. The minimum absolute atomic E-state index is 0.0172. The number of sulfone groups is 1. The van der Waals surface area contributed by atoms with Crippen molar-refractivity contribution in [2.75, 3.05) is 5.75 Å². The number of hydrogen-bond donors (Lipinski definition) is 0. The summed E-state index contributed by atoms with van der Waals surface area (Å²) in [5.74, 6) is -0.0172. The van der Waals surface area contributed by atoms with Crippen molar-refractivity contribution in [2.24, 2.45) is 10.4 Å². The Morgan fingerprint density at radius 2 is 1.78 bits per heavy atom. The van der Waals surface area contributed by atoms with Crippen molar-refractivity contribution >= 4 is 31.5 Å². The van der Waals surface area contributed by atoms with Crippen LogP contribution in [0.4, 0.5) is 0 Å². The third-order valence-corrected chi connectivity index (χ3v) is 5.79. The van der Waals surface area contributed by atoms with Gasteiger partial charge in [-0.15, -0.1) is 0 Å². The van der Waals surface area contributed by atoms with Crippen LogP contribution in [0.25, 0.3) is 0 Å². The molecule has 18 heavy (non-hydrogen) atoms. The van der Waals surface area contributed by atoms with E-state index < -0.39 is 14.3 Å². The molecule has 0 N–H and O–H groups in total. The van der Waals surface area contributed by atoms with Crippen LogP contribution in [-0.4, -0.2) is 24.3 Å². The zero-order valence-electron chi connectivity index (χ0n) is 10.6. The van der Waals surface area contributed by atoms with Crippen molar-refractivity contribution in [3.8, 4) is 0 Å². The molecule has 0 amide bonds. The molecule has 1 aromatic rings. The van der Waals surface area contributed by atoms with Crippen molar-refractivity contribution in [3.05, 3.63) is 30.3 Å². The number of benzene rings is 1. The Balaban J connectivity index is 2.18. The molecule has 1 aromatic carbocycles. The van der Waals surface area contributed by atoms with Crippen molar-refractivity contribution in [2.45, 2.75) is 30.1 Å². The second kappa shape index (κ2) is 4.17. The molecule has 0 spiro atoms. The molecule has 2 rings (SSSR count). The summed E-state index contributed by atoms with van der Waals surface area (Å²) in [6, 6.07) is 8.49. The van der Waals surface area contributed by atoms with Gasteiger partial charge in [0.15, 0.2) is 14.3 Å². The highest BCUT2D eigenvalue weighted by Gasteiger charge is 2.52. The molecule has 0 fully saturated rings. The van der Waals surface area contributed by atoms with E-state index in [2.05, 4.69) is 20.9 Å². The highest BCUT2D eigenvalue weighted by Crippen LogP contribution is 2.45. The summed E-state index contributed by atoms with van der Waals surface area (Å²) in [7, 11) is -3.31. The number of halogens is 1. The van der Waals surface area contributed by atoms with Gasteiger partial charge in [0.1, 0.15) is 0 Å². The zero-order chi connectivity index (χ0) is 13.6. The van der Waals surface area contributed by atoms with Crippen LogP contribution >= 0.6 is 15.9 Å².